The molecule has 0 radical (unpaired) electrons. The van der Waals surface area contributed by atoms with Gasteiger partial charge in [0.15, 0.2) is 0 Å². The monoisotopic (exact) mass is 269 g/mol. The minimum Gasteiger partial charge on any atom is -0.426 e. The predicted molar refractivity (Wildman–Crippen MR) is 75.6 cm³/mol. The summed E-state index contributed by atoms with van der Waals surface area (Å²) in [7, 11) is 3.70. The lowest BCUT2D eigenvalue weighted by atomic mass is 10.2. The number of hydrogen-bond donors (Lipinski definition) is 0. The highest BCUT2D eigenvalue weighted by Crippen LogP contribution is 2.13. The molecular formula is C12H15NO2S2. The molecule has 0 unspecified atom stereocenters. The third-order valence-electron chi connectivity index (χ3n) is 1.93. The Morgan fingerprint density at radius 1 is 1.35 bits per heavy atom. The van der Waals surface area contributed by atoms with E-state index in [4.69, 9.17) is 17.0 Å². The minimum absolute atomic E-state index is 0.227. The summed E-state index contributed by atoms with van der Waals surface area (Å²) in [5, 5.41) is 0. The van der Waals surface area contributed by atoms with Gasteiger partial charge in [-0.05, 0) is 19.1 Å². The number of thiocarbonyl (C=S) groups is 1. The summed E-state index contributed by atoms with van der Waals surface area (Å²) in [6, 6.07) is 7.37. The molecule has 5 heteroatoms. The Hall–Kier alpha value is -1.07. The highest BCUT2D eigenvalue weighted by Gasteiger charge is 2.08. The summed E-state index contributed by atoms with van der Waals surface area (Å²) in [6.45, 7) is 1.98. The lowest BCUT2D eigenvalue weighted by molar-refractivity contribution is -0.131. The van der Waals surface area contributed by atoms with Gasteiger partial charge in [0, 0.05) is 14.1 Å². The molecule has 0 heterocycles. The summed E-state index contributed by atoms with van der Waals surface area (Å²) >= 11 is 6.36. The second kappa shape index (κ2) is 6.61. The standard InChI is InChI=1S/C12H15NO2S2/c1-9-4-6-10(7-5-9)15-11(14)8-17-12(16)13(2)3/h4-7H,8H2,1-3H3. The van der Waals surface area contributed by atoms with Crippen molar-refractivity contribution in [2.24, 2.45) is 0 Å². The first kappa shape index (κ1) is 14.0. The average molecular weight is 269 g/mol. The van der Waals surface area contributed by atoms with Crippen molar-refractivity contribution < 1.29 is 9.53 Å². The van der Waals surface area contributed by atoms with Crippen LogP contribution in [0.25, 0.3) is 0 Å². The average Bonchev–Trinajstić information content (AvgIpc) is 2.29. The zero-order chi connectivity index (χ0) is 12.8. The minimum atomic E-state index is -0.289. The van der Waals surface area contributed by atoms with Gasteiger partial charge < -0.3 is 9.64 Å². The lowest BCUT2D eigenvalue weighted by Crippen LogP contribution is -2.19. The van der Waals surface area contributed by atoms with Crippen LogP contribution in [0.4, 0.5) is 0 Å². The molecular weight excluding hydrogens is 254 g/mol. The smallest absolute Gasteiger partial charge is 0.321 e. The number of benzene rings is 1. The highest BCUT2D eigenvalue weighted by atomic mass is 32.2. The Kier molecular flexibility index (Phi) is 5.44. The van der Waals surface area contributed by atoms with Gasteiger partial charge in [0.1, 0.15) is 10.1 Å². The van der Waals surface area contributed by atoms with E-state index < -0.39 is 0 Å². The Labute approximate surface area is 111 Å². The summed E-state index contributed by atoms with van der Waals surface area (Å²) in [5.41, 5.74) is 1.13. The van der Waals surface area contributed by atoms with Gasteiger partial charge >= 0.3 is 5.97 Å². The van der Waals surface area contributed by atoms with Crippen LogP contribution in [-0.2, 0) is 4.79 Å². The molecule has 1 aromatic carbocycles. The Bertz CT molecular complexity index is 401. The molecule has 17 heavy (non-hydrogen) atoms. The van der Waals surface area contributed by atoms with Gasteiger partial charge in [0.05, 0.1) is 5.75 Å². The molecule has 0 atom stereocenters. The van der Waals surface area contributed by atoms with E-state index in [0.717, 1.165) is 5.56 Å². The van der Waals surface area contributed by atoms with Gasteiger partial charge in [-0.2, -0.15) is 0 Å². The highest BCUT2D eigenvalue weighted by molar-refractivity contribution is 8.23. The van der Waals surface area contributed by atoms with Crippen molar-refractivity contribution in [3.63, 3.8) is 0 Å². The van der Waals surface area contributed by atoms with Gasteiger partial charge in [-0.25, -0.2) is 0 Å². The van der Waals surface area contributed by atoms with Crippen LogP contribution in [0.5, 0.6) is 5.75 Å². The van der Waals surface area contributed by atoms with Crippen LogP contribution in [0, 0.1) is 6.92 Å². The molecule has 0 aliphatic carbocycles. The van der Waals surface area contributed by atoms with Crippen LogP contribution in [0.15, 0.2) is 24.3 Å². The number of aryl methyl sites for hydroxylation is 1. The van der Waals surface area contributed by atoms with E-state index in [1.165, 1.54) is 11.8 Å². The first-order chi connectivity index (χ1) is 7.99. The molecule has 0 amide bonds. The molecule has 92 valence electrons. The van der Waals surface area contributed by atoms with E-state index >= 15 is 0 Å². The fourth-order valence-electron chi connectivity index (χ4n) is 1.02. The number of esters is 1. The van der Waals surface area contributed by atoms with E-state index in [2.05, 4.69) is 0 Å². The molecule has 0 bridgehead atoms. The predicted octanol–water partition coefficient (Wildman–Crippen LogP) is 2.48. The number of hydrogen-bond acceptors (Lipinski definition) is 4. The van der Waals surface area contributed by atoms with Crippen molar-refractivity contribution in [1.29, 1.82) is 0 Å². The number of nitrogens with zero attached hydrogens (tertiary/aromatic N) is 1. The summed E-state index contributed by atoms with van der Waals surface area (Å²) < 4.78 is 5.83. The van der Waals surface area contributed by atoms with Crippen molar-refractivity contribution in [2.75, 3.05) is 19.8 Å². The van der Waals surface area contributed by atoms with Crippen LogP contribution in [-0.4, -0.2) is 35.0 Å². The van der Waals surface area contributed by atoms with Crippen LogP contribution < -0.4 is 4.74 Å². The van der Waals surface area contributed by atoms with Gasteiger partial charge in [0.25, 0.3) is 0 Å². The maximum atomic E-state index is 11.5. The van der Waals surface area contributed by atoms with Crippen LogP contribution >= 0.6 is 24.0 Å². The molecule has 0 saturated carbocycles. The van der Waals surface area contributed by atoms with Crippen LogP contribution in [0.1, 0.15) is 5.56 Å². The van der Waals surface area contributed by atoms with Crippen LogP contribution in [0.3, 0.4) is 0 Å². The number of ether oxygens (including phenoxy) is 1. The quantitative estimate of drug-likeness (QED) is 0.478. The molecule has 0 saturated heterocycles. The van der Waals surface area contributed by atoms with E-state index in [1.54, 1.807) is 17.0 Å². The first-order valence-electron chi connectivity index (χ1n) is 5.10. The van der Waals surface area contributed by atoms with E-state index in [1.807, 2.05) is 33.2 Å². The van der Waals surface area contributed by atoms with Crippen molar-refractivity contribution >= 4 is 34.3 Å². The second-order valence-electron chi connectivity index (χ2n) is 3.74. The molecule has 0 fully saturated rings. The third kappa shape index (κ3) is 5.19. The van der Waals surface area contributed by atoms with E-state index in [0.29, 0.717) is 10.1 Å². The molecule has 0 aromatic heterocycles. The Morgan fingerprint density at radius 3 is 2.47 bits per heavy atom. The maximum Gasteiger partial charge on any atom is 0.321 e. The van der Waals surface area contributed by atoms with E-state index in [9.17, 15) is 4.79 Å². The maximum absolute atomic E-state index is 11.5. The molecule has 1 aromatic rings. The Morgan fingerprint density at radius 2 is 1.94 bits per heavy atom. The van der Waals surface area contributed by atoms with Crippen molar-refractivity contribution in [1.82, 2.24) is 4.90 Å². The van der Waals surface area contributed by atoms with Crippen LogP contribution in [0.2, 0.25) is 0 Å². The topological polar surface area (TPSA) is 29.5 Å². The molecule has 3 nitrogen and oxygen atoms in total. The fraction of sp³-hybridized carbons (Fsp3) is 0.333. The first-order valence-corrected chi connectivity index (χ1v) is 6.50. The van der Waals surface area contributed by atoms with Crippen molar-refractivity contribution in [2.45, 2.75) is 6.92 Å². The second-order valence-corrected chi connectivity index (χ2v) is 5.35. The number of thioether (sulfide) groups is 1. The largest absolute Gasteiger partial charge is 0.426 e. The summed E-state index contributed by atoms with van der Waals surface area (Å²) in [5.74, 6) is 0.505. The third-order valence-corrected chi connectivity index (χ3v) is 3.64. The van der Waals surface area contributed by atoms with Gasteiger partial charge in [-0.3, -0.25) is 4.79 Å². The SMILES string of the molecule is Cc1ccc(OC(=O)CSC(=S)N(C)C)cc1. The molecule has 1 rings (SSSR count). The number of rotatable bonds is 3. The zero-order valence-electron chi connectivity index (χ0n) is 10.1. The van der Waals surface area contributed by atoms with Gasteiger partial charge in [-0.1, -0.05) is 41.7 Å². The Balaban J connectivity index is 2.40. The number of carbonyl (C=O) groups is 1. The molecule has 0 N–H and O–H groups in total. The van der Waals surface area contributed by atoms with E-state index in [-0.39, 0.29) is 11.7 Å². The summed E-state index contributed by atoms with van der Waals surface area (Å²) in [4.78, 5) is 13.3. The molecule has 0 spiro atoms. The molecule has 0 aliphatic heterocycles. The normalized spacial score (nSPS) is 9.82. The van der Waals surface area contributed by atoms with Gasteiger partial charge in [-0.15, -0.1) is 0 Å². The molecule has 0 aliphatic rings. The fourth-order valence-corrected chi connectivity index (χ4v) is 1.75. The van der Waals surface area contributed by atoms with Crippen molar-refractivity contribution in [3.05, 3.63) is 29.8 Å². The van der Waals surface area contributed by atoms with Crippen molar-refractivity contribution in [3.8, 4) is 5.75 Å². The summed E-state index contributed by atoms with van der Waals surface area (Å²) in [6.07, 6.45) is 0. The zero-order valence-corrected chi connectivity index (χ0v) is 11.7. The van der Waals surface area contributed by atoms with Gasteiger partial charge in [0.2, 0.25) is 0 Å². The lowest BCUT2D eigenvalue weighted by Gasteiger charge is -2.12. The number of carbonyl (C=O) groups excluding carboxylic acids is 1.